The van der Waals surface area contributed by atoms with Gasteiger partial charge in [0.15, 0.2) is 0 Å². The topological polar surface area (TPSA) is 49.3 Å². The average molecular weight is 227 g/mol. The van der Waals surface area contributed by atoms with Crippen molar-refractivity contribution in [3.8, 4) is 0 Å². The van der Waals surface area contributed by atoms with Crippen molar-refractivity contribution in [1.29, 1.82) is 0 Å². The number of rotatable bonds is 3. The summed E-state index contributed by atoms with van der Waals surface area (Å²) in [5.41, 5.74) is -0.235. The molecule has 0 atom stereocenters. The lowest BCUT2D eigenvalue weighted by Gasteiger charge is -2.35. The summed E-state index contributed by atoms with van der Waals surface area (Å²) in [5, 5.41) is 12.2. The monoisotopic (exact) mass is 227 g/mol. The predicted octanol–water partition coefficient (Wildman–Crippen LogP) is 2.09. The van der Waals surface area contributed by atoms with Crippen LogP contribution in [0.5, 0.6) is 0 Å². The molecule has 1 aliphatic carbocycles. The first-order valence-electron chi connectivity index (χ1n) is 6.19. The largest absolute Gasteiger partial charge is 0.395 e. The highest BCUT2D eigenvalue weighted by atomic mass is 16.3. The molecule has 0 unspecified atom stereocenters. The van der Waals surface area contributed by atoms with Crippen molar-refractivity contribution in [2.75, 3.05) is 6.61 Å². The van der Waals surface area contributed by atoms with Crippen LogP contribution in [0.1, 0.15) is 53.4 Å². The summed E-state index contributed by atoms with van der Waals surface area (Å²) in [4.78, 5) is 11.9. The van der Waals surface area contributed by atoms with Gasteiger partial charge >= 0.3 is 0 Å². The van der Waals surface area contributed by atoms with Crippen LogP contribution in [0, 0.1) is 10.8 Å². The molecule has 3 heteroatoms. The summed E-state index contributed by atoms with van der Waals surface area (Å²) in [6.45, 7) is 8.01. The standard InChI is InChI=1S/C13H25NO2/c1-12(2)7-5-10(6-8-12)14-11(16)13(3,4)9-15/h10,15H,5-9H2,1-4H3,(H,14,16). The minimum absolute atomic E-state index is 0.0280. The van der Waals surface area contributed by atoms with E-state index in [-0.39, 0.29) is 12.5 Å². The van der Waals surface area contributed by atoms with Crippen LogP contribution in [0.25, 0.3) is 0 Å². The van der Waals surface area contributed by atoms with Gasteiger partial charge in [0.2, 0.25) is 5.91 Å². The van der Waals surface area contributed by atoms with Crippen LogP contribution >= 0.6 is 0 Å². The van der Waals surface area contributed by atoms with Crippen molar-refractivity contribution in [1.82, 2.24) is 5.32 Å². The van der Waals surface area contributed by atoms with Gasteiger partial charge in [-0.15, -0.1) is 0 Å². The first-order valence-corrected chi connectivity index (χ1v) is 6.19. The zero-order valence-corrected chi connectivity index (χ0v) is 11.0. The maximum atomic E-state index is 11.9. The van der Waals surface area contributed by atoms with E-state index >= 15 is 0 Å². The van der Waals surface area contributed by atoms with Crippen molar-refractivity contribution < 1.29 is 9.90 Å². The minimum atomic E-state index is -0.660. The molecular formula is C13H25NO2. The normalized spacial score (nSPS) is 21.8. The van der Waals surface area contributed by atoms with Gasteiger partial charge in [0, 0.05) is 6.04 Å². The van der Waals surface area contributed by atoms with E-state index in [1.165, 1.54) is 0 Å². The van der Waals surface area contributed by atoms with Crippen LogP contribution in [0.2, 0.25) is 0 Å². The van der Waals surface area contributed by atoms with Gasteiger partial charge in [0.05, 0.1) is 12.0 Å². The molecule has 2 N–H and O–H groups in total. The van der Waals surface area contributed by atoms with Crippen LogP contribution in [-0.4, -0.2) is 23.7 Å². The first-order chi connectivity index (χ1) is 7.27. The number of carbonyl (C=O) groups is 1. The lowest BCUT2D eigenvalue weighted by Crippen LogP contribution is -2.46. The molecule has 0 radical (unpaired) electrons. The summed E-state index contributed by atoms with van der Waals surface area (Å²) in [6, 6.07) is 0.298. The van der Waals surface area contributed by atoms with E-state index in [1.807, 2.05) is 0 Å². The van der Waals surface area contributed by atoms with E-state index < -0.39 is 5.41 Å². The Morgan fingerprint density at radius 2 is 1.88 bits per heavy atom. The molecule has 3 nitrogen and oxygen atoms in total. The Hall–Kier alpha value is -0.570. The van der Waals surface area contributed by atoms with Crippen LogP contribution in [0.3, 0.4) is 0 Å². The molecule has 0 bridgehead atoms. The molecule has 0 saturated heterocycles. The minimum Gasteiger partial charge on any atom is -0.395 e. The van der Waals surface area contributed by atoms with Crippen molar-refractivity contribution in [2.24, 2.45) is 10.8 Å². The highest BCUT2D eigenvalue weighted by Crippen LogP contribution is 2.35. The second-order valence-electron chi connectivity index (χ2n) is 6.45. The van der Waals surface area contributed by atoms with Crippen molar-refractivity contribution >= 4 is 5.91 Å². The van der Waals surface area contributed by atoms with Crippen LogP contribution in [0.15, 0.2) is 0 Å². The molecule has 1 saturated carbocycles. The number of carbonyl (C=O) groups excluding carboxylic acids is 1. The number of nitrogens with one attached hydrogen (secondary N) is 1. The number of amides is 1. The Bertz CT molecular complexity index is 249. The van der Waals surface area contributed by atoms with E-state index in [2.05, 4.69) is 19.2 Å². The molecule has 16 heavy (non-hydrogen) atoms. The number of hydrogen-bond acceptors (Lipinski definition) is 2. The van der Waals surface area contributed by atoms with Crippen LogP contribution in [-0.2, 0) is 4.79 Å². The van der Waals surface area contributed by atoms with Gasteiger partial charge in [0.25, 0.3) is 0 Å². The van der Waals surface area contributed by atoms with Crippen molar-refractivity contribution in [2.45, 2.75) is 59.4 Å². The lowest BCUT2D eigenvalue weighted by molar-refractivity contribution is -0.132. The first kappa shape index (κ1) is 13.5. The van der Waals surface area contributed by atoms with Gasteiger partial charge in [0.1, 0.15) is 0 Å². The van der Waals surface area contributed by atoms with E-state index in [1.54, 1.807) is 13.8 Å². The quantitative estimate of drug-likeness (QED) is 0.775. The fraction of sp³-hybridized carbons (Fsp3) is 0.923. The SMILES string of the molecule is CC1(C)CCC(NC(=O)C(C)(C)CO)CC1. The summed E-state index contributed by atoms with van der Waals surface area (Å²) in [7, 11) is 0. The second kappa shape index (κ2) is 4.74. The highest BCUT2D eigenvalue weighted by Gasteiger charge is 2.32. The maximum absolute atomic E-state index is 11.9. The third-order valence-electron chi connectivity index (χ3n) is 3.68. The fourth-order valence-electron chi connectivity index (χ4n) is 2.00. The fourth-order valence-corrected chi connectivity index (χ4v) is 2.00. The zero-order chi connectivity index (χ0) is 12.4. The molecule has 1 fully saturated rings. The Kier molecular flexibility index (Phi) is 4.00. The summed E-state index contributed by atoms with van der Waals surface area (Å²) in [5.74, 6) is -0.0280. The Balaban J connectivity index is 2.43. The lowest BCUT2D eigenvalue weighted by atomic mass is 9.75. The van der Waals surface area contributed by atoms with Gasteiger partial charge in [-0.1, -0.05) is 13.8 Å². The van der Waals surface area contributed by atoms with E-state index in [4.69, 9.17) is 5.11 Å². The number of hydrogen-bond donors (Lipinski definition) is 2. The van der Waals surface area contributed by atoms with Gasteiger partial charge < -0.3 is 10.4 Å². The molecule has 0 aromatic rings. The van der Waals surface area contributed by atoms with E-state index in [9.17, 15) is 4.79 Å². The molecule has 0 spiro atoms. The van der Waals surface area contributed by atoms with Crippen LogP contribution in [0.4, 0.5) is 0 Å². The molecule has 1 amide bonds. The van der Waals surface area contributed by atoms with Gasteiger partial charge in [-0.3, -0.25) is 4.79 Å². The molecule has 1 rings (SSSR count). The van der Waals surface area contributed by atoms with Gasteiger partial charge in [-0.05, 0) is 44.9 Å². The summed E-state index contributed by atoms with van der Waals surface area (Å²) in [6.07, 6.45) is 4.44. The Morgan fingerprint density at radius 3 is 2.31 bits per heavy atom. The van der Waals surface area contributed by atoms with E-state index in [0.29, 0.717) is 11.5 Å². The Labute approximate surface area is 98.6 Å². The van der Waals surface area contributed by atoms with Crippen LogP contribution < -0.4 is 5.32 Å². The van der Waals surface area contributed by atoms with E-state index in [0.717, 1.165) is 25.7 Å². The molecular weight excluding hydrogens is 202 g/mol. The molecule has 0 aromatic heterocycles. The maximum Gasteiger partial charge on any atom is 0.228 e. The highest BCUT2D eigenvalue weighted by molar-refractivity contribution is 5.82. The Morgan fingerprint density at radius 1 is 1.38 bits per heavy atom. The summed E-state index contributed by atoms with van der Waals surface area (Å²) < 4.78 is 0. The summed E-state index contributed by atoms with van der Waals surface area (Å²) >= 11 is 0. The van der Waals surface area contributed by atoms with Crippen molar-refractivity contribution in [3.63, 3.8) is 0 Å². The smallest absolute Gasteiger partial charge is 0.228 e. The molecule has 0 aliphatic heterocycles. The molecule has 1 aliphatic rings. The third-order valence-corrected chi connectivity index (χ3v) is 3.68. The van der Waals surface area contributed by atoms with Crippen molar-refractivity contribution in [3.05, 3.63) is 0 Å². The number of aliphatic hydroxyl groups is 1. The molecule has 94 valence electrons. The van der Waals surface area contributed by atoms with Gasteiger partial charge in [-0.25, -0.2) is 0 Å². The molecule has 0 aromatic carbocycles. The second-order valence-corrected chi connectivity index (χ2v) is 6.45. The zero-order valence-electron chi connectivity index (χ0n) is 11.0. The van der Waals surface area contributed by atoms with Gasteiger partial charge in [-0.2, -0.15) is 0 Å². The predicted molar refractivity (Wildman–Crippen MR) is 65.0 cm³/mol. The average Bonchev–Trinajstić information content (AvgIpc) is 2.21. The third kappa shape index (κ3) is 3.48. The molecule has 0 heterocycles. The number of aliphatic hydroxyl groups excluding tert-OH is 1.